The third-order valence-corrected chi connectivity index (χ3v) is 5.37. The number of fused-ring (bicyclic) bond motifs is 1. The summed E-state index contributed by atoms with van der Waals surface area (Å²) < 4.78 is 0. The summed E-state index contributed by atoms with van der Waals surface area (Å²) in [5.41, 5.74) is 10.2. The second kappa shape index (κ2) is 6.89. The van der Waals surface area contributed by atoms with Crippen LogP contribution in [0.15, 0.2) is 24.3 Å². The molecule has 24 heavy (non-hydrogen) atoms. The zero-order valence-corrected chi connectivity index (χ0v) is 14.9. The second-order valence-corrected chi connectivity index (χ2v) is 7.10. The van der Waals surface area contributed by atoms with Gasteiger partial charge in [-0.2, -0.15) is 0 Å². The van der Waals surface area contributed by atoms with Crippen LogP contribution in [0.5, 0.6) is 0 Å². The fraction of sp³-hybridized carbons (Fsp3) is 0.500. The van der Waals surface area contributed by atoms with Crippen molar-refractivity contribution in [1.29, 1.82) is 0 Å². The summed E-state index contributed by atoms with van der Waals surface area (Å²) in [6.45, 7) is 7.78. The van der Waals surface area contributed by atoms with E-state index in [0.29, 0.717) is 12.3 Å². The van der Waals surface area contributed by atoms with Crippen molar-refractivity contribution in [2.75, 3.05) is 13.1 Å². The minimum absolute atomic E-state index is 0.145. The van der Waals surface area contributed by atoms with Crippen LogP contribution in [-0.2, 0) is 11.2 Å². The highest BCUT2D eigenvalue weighted by Crippen LogP contribution is 2.25. The lowest BCUT2D eigenvalue weighted by Gasteiger charge is -2.35. The van der Waals surface area contributed by atoms with Crippen molar-refractivity contribution in [2.24, 2.45) is 11.7 Å². The molecule has 3 rings (SSSR count). The molecule has 0 bridgehead atoms. The Kier molecular flexibility index (Phi) is 4.86. The molecule has 1 saturated heterocycles. The molecule has 1 aliphatic heterocycles. The van der Waals surface area contributed by atoms with E-state index in [-0.39, 0.29) is 11.9 Å². The number of aryl methyl sites for hydroxylation is 2. The minimum atomic E-state index is 0.145. The largest absolute Gasteiger partial charge is 0.342 e. The van der Waals surface area contributed by atoms with Gasteiger partial charge in [0.25, 0.3) is 0 Å². The molecule has 128 valence electrons. The molecule has 4 heteroatoms. The van der Waals surface area contributed by atoms with Crippen molar-refractivity contribution < 1.29 is 4.79 Å². The lowest BCUT2D eigenvalue weighted by Crippen LogP contribution is -2.45. The summed E-state index contributed by atoms with van der Waals surface area (Å²) in [5, 5.41) is 1.14. The highest BCUT2D eigenvalue weighted by molar-refractivity contribution is 5.86. The zero-order chi connectivity index (χ0) is 17.3. The molecule has 2 atom stereocenters. The quantitative estimate of drug-likeness (QED) is 0.944. The topological polar surface area (TPSA) is 59.2 Å². The van der Waals surface area contributed by atoms with Gasteiger partial charge in [0.1, 0.15) is 0 Å². The first kappa shape index (κ1) is 16.9. The van der Waals surface area contributed by atoms with Gasteiger partial charge in [-0.25, -0.2) is 0 Å². The first-order chi connectivity index (χ1) is 11.5. The van der Waals surface area contributed by atoms with Gasteiger partial charge < -0.3 is 10.6 Å². The normalized spacial score (nSPS) is 19.5. The molecule has 2 N–H and O–H groups in total. The molecule has 0 aliphatic carbocycles. The molecule has 0 saturated carbocycles. The number of para-hydroxylation sites is 1. The van der Waals surface area contributed by atoms with E-state index in [2.05, 4.69) is 18.0 Å². The molecule has 0 radical (unpaired) electrons. The Morgan fingerprint density at radius 1 is 1.38 bits per heavy atom. The molecule has 2 aromatic rings. The summed E-state index contributed by atoms with van der Waals surface area (Å²) in [6.07, 6.45) is 2.60. The van der Waals surface area contributed by atoms with E-state index in [1.165, 1.54) is 5.56 Å². The van der Waals surface area contributed by atoms with Gasteiger partial charge in [0, 0.05) is 30.2 Å². The molecule has 1 amide bonds. The number of pyridine rings is 1. The molecule has 0 unspecified atom stereocenters. The van der Waals surface area contributed by atoms with Gasteiger partial charge in [0.15, 0.2) is 0 Å². The number of carbonyl (C=O) groups excluding carboxylic acids is 1. The summed E-state index contributed by atoms with van der Waals surface area (Å²) in [5.74, 6) is 0.614. The summed E-state index contributed by atoms with van der Waals surface area (Å²) in [7, 11) is 0. The third-order valence-electron chi connectivity index (χ3n) is 5.37. The first-order valence-electron chi connectivity index (χ1n) is 8.85. The Labute approximate surface area is 144 Å². The average Bonchev–Trinajstić information content (AvgIpc) is 2.58. The van der Waals surface area contributed by atoms with Crippen LogP contribution in [-0.4, -0.2) is 34.9 Å². The fourth-order valence-corrected chi connectivity index (χ4v) is 3.76. The Hall–Kier alpha value is -1.94. The number of aromatic nitrogens is 1. The summed E-state index contributed by atoms with van der Waals surface area (Å²) in [6, 6.07) is 8.28. The van der Waals surface area contributed by atoms with Gasteiger partial charge in [0.05, 0.1) is 11.9 Å². The maximum atomic E-state index is 12.8. The second-order valence-electron chi connectivity index (χ2n) is 7.10. The van der Waals surface area contributed by atoms with Crippen molar-refractivity contribution in [3.63, 3.8) is 0 Å². The maximum Gasteiger partial charge on any atom is 0.227 e. The number of amides is 1. The Bertz CT molecular complexity index is 754. The fourth-order valence-electron chi connectivity index (χ4n) is 3.76. The van der Waals surface area contributed by atoms with Gasteiger partial charge in [0.2, 0.25) is 5.91 Å². The number of carbonyl (C=O) groups is 1. The number of benzene rings is 1. The van der Waals surface area contributed by atoms with Crippen LogP contribution in [0.2, 0.25) is 0 Å². The molecule has 2 heterocycles. The molecule has 1 aromatic heterocycles. The number of piperidine rings is 1. The van der Waals surface area contributed by atoms with Crippen LogP contribution in [0.3, 0.4) is 0 Å². The molecular formula is C20H27N3O. The van der Waals surface area contributed by atoms with Crippen LogP contribution in [0.1, 0.15) is 36.6 Å². The van der Waals surface area contributed by atoms with E-state index in [0.717, 1.165) is 48.1 Å². The molecule has 1 fully saturated rings. The van der Waals surface area contributed by atoms with E-state index in [1.54, 1.807) is 0 Å². The van der Waals surface area contributed by atoms with Gasteiger partial charge in [-0.1, -0.05) is 18.2 Å². The molecule has 1 aromatic carbocycles. The lowest BCUT2D eigenvalue weighted by atomic mass is 9.91. The number of rotatable bonds is 3. The molecule has 1 aliphatic rings. The predicted octanol–water partition coefficient (Wildman–Crippen LogP) is 2.98. The smallest absolute Gasteiger partial charge is 0.227 e. The van der Waals surface area contributed by atoms with E-state index >= 15 is 0 Å². The Balaban J connectivity index is 1.83. The van der Waals surface area contributed by atoms with Crippen LogP contribution in [0.25, 0.3) is 10.9 Å². The van der Waals surface area contributed by atoms with Crippen LogP contribution >= 0.6 is 0 Å². The van der Waals surface area contributed by atoms with E-state index < -0.39 is 0 Å². The number of hydrogen-bond acceptors (Lipinski definition) is 3. The van der Waals surface area contributed by atoms with Crippen molar-refractivity contribution >= 4 is 16.8 Å². The number of nitrogens with two attached hydrogens (primary N) is 1. The maximum absolute atomic E-state index is 12.8. The van der Waals surface area contributed by atoms with E-state index in [4.69, 9.17) is 5.73 Å². The number of hydrogen-bond donors (Lipinski definition) is 1. The number of likely N-dealkylation sites (tertiary alicyclic amines) is 1. The van der Waals surface area contributed by atoms with Gasteiger partial charge >= 0.3 is 0 Å². The van der Waals surface area contributed by atoms with Crippen molar-refractivity contribution in [2.45, 2.75) is 46.1 Å². The first-order valence-corrected chi connectivity index (χ1v) is 8.85. The van der Waals surface area contributed by atoms with Gasteiger partial charge in [-0.15, -0.1) is 0 Å². The lowest BCUT2D eigenvalue weighted by molar-refractivity contribution is -0.132. The van der Waals surface area contributed by atoms with Crippen molar-refractivity contribution in [3.8, 4) is 0 Å². The standard InChI is InChI=1S/C20H27N3O/c1-13-17-8-4-5-9-19(17)22-15(3)18(13)11-20(24)23-10-6-7-16(12-23)14(2)21/h4-5,8-9,14,16H,6-7,10-12,21H2,1-3H3/t14-,16+/m0/s1. The summed E-state index contributed by atoms with van der Waals surface area (Å²) in [4.78, 5) is 19.5. The SMILES string of the molecule is Cc1nc2ccccc2c(C)c1CC(=O)N1CCC[C@@H]([C@H](C)N)C1. The third kappa shape index (κ3) is 3.29. The van der Waals surface area contributed by atoms with Crippen molar-refractivity contribution in [3.05, 3.63) is 41.1 Å². The zero-order valence-electron chi connectivity index (χ0n) is 14.9. The van der Waals surface area contributed by atoms with Gasteiger partial charge in [-0.05, 0) is 56.7 Å². The average molecular weight is 325 g/mol. The highest BCUT2D eigenvalue weighted by atomic mass is 16.2. The van der Waals surface area contributed by atoms with Crippen LogP contribution in [0, 0.1) is 19.8 Å². The van der Waals surface area contributed by atoms with Crippen LogP contribution < -0.4 is 5.73 Å². The van der Waals surface area contributed by atoms with Gasteiger partial charge in [-0.3, -0.25) is 9.78 Å². The van der Waals surface area contributed by atoms with E-state index in [9.17, 15) is 4.79 Å². The molecular weight excluding hydrogens is 298 g/mol. The Morgan fingerprint density at radius 2 is 2.12 bits per heavy atom. The molecule has 0 spiro atoms. The number of nitrogens with zero attached hydrogens (tertiary/aromatic N) is 2. The van der Waals surface area contributed by atoms with Crippen LogP contribution in [0.4, 0.5) is 0 Å². The molecule has 4 nitrogen and oxygen atoms in total. The monoisotopic (exact) mass is 325 g/mol. The minimum Gasteiger partial charge on any atom is -0.342 e. The summed E-state index contributed by atoms with van der Waals surface area (Å²) >= 11 is 0. The highest BCUT2D eigenvalue weighted by Gasteiger charge is 2.26. The van der Waals surface area contributed by atoms with Crippen molar-refractivity contribution in [1.82, 2.24) is 9.88 Å². The van der Waals surface area contributed by atoms with E-state index in [1.807, 2.05) is 36.9 Å². The predicted molar refractivity (Wildman–Crippen MR) is 97.9 cm³/mol. The Morgan fingerprint density at radius 3 is 2.88 bits per heavy atom.